The van der Waals surface area contributed by atoms with E-state index in [1.54, 1.807) is 0 Å². The highest BCUT2D eigenvalue weighted by atomic mass is 35.5. The standard InChI is InChI=1S/C18H12Cl3S.H2O/c19-13-1-7-16(8-2-13)22(17-9-3-14(20)4-10-17)18-11-5-15(21)6-12-18;/h1-12H;1H2/q+1;/p-1. The molecule has 5 heteroatoms. The lowest BCUT2D eigenvalue weighted by Crippen LogP contribution is -2.04. The van der Waals surface area contributed by atoms with Crippen LogP contribution in [0.25, 0.3) is 0 Å². The van der Waals surface area contributed by atoms with Crippen molar-refractivity contribution in [3.8, 4) is 0 Å². The summed E-state index contributed by atoms with van der Waals surface area (Å²) in [7, 11) is -0.215. The van der Waals surface area contributed by atoms with Crippen LogP contribution in [-0.4, -0.2) is 5.48 Å². The van der Waals surface area contributed by atoms with E-state index in [0.29, 0.717) is 0 Å². The summed E-state index contributed by atoms with van der Waals surface area (Å²) in [4.78, 5) is 3.61. The molecule has 0 saturated carbocycles. The van der Waals surface area contributed by atoms with Gasteiger partial charge in [-0.1, -0.05) is 34.8 Å². The fourth-order valence-corrected chi connectivity index (χ4v) is 4.54. The van der Waals surface area contributed by atoms with Gasteiger partial charge in [0.2, 0.25) is 0 Å². The average molecular weight is 384 g/mol. The Morgan fingerprint density at radius 2 is 0.652 bits per heavy atom. The van der Waals surface area contributed by atoms with E-state index in [1.165, 1.54) is 14.7 Å². The first-order valence-electron chi connectivity index (χ1n) is 6.64. The summed E-state index contributed by atoms with van der Waals surface area (Å²) in [6, 6.07) is 23.9. The van der Waals surface area contributed by atoms with Crippen molar-refractivity contribution in [2.45, 2.75) is 14.7 Å². The van der Waals surface area contributed by atoms with E-state index >= 15 is 0 Å². The molecule has 0 unspecified atom stereocenters. The van der Waals surface area contributed by atoms with Crippen molar-refractivity contribution in [2.75, 3.05) is 0 Å². The minimum absolute atomic E-state index is 0. The Labute approximate surface area is 153 Å². The van der Waals surface area contributed by atoms with E-state index in [2.05, 4.69) is 36.4 Å². The summed E-state index contributed by atoms with van der Waals surface area (Å²) in [6.07, 6.45) is 0. The van der Waals surface area contributed by atoms with Crippen LogP contribution in [0.1, 0.15) is 0 Å². The smallest absolute Gasteiger partial charge is 0.166 e. The molecule has 0 aromatic heterocycles. The third-order valence-corrected chi connectivity index (χ3v) is 6.13. The van der Waals surface area contributed by atoms with E-state index in [1.807, 2.05) is 36.4 Å². The topological polar surface area (TPSA) is 30.0 Å². The predicted octanol–water partition coefficient (Wildman–Crippen LogP) is 6.57. The van der Waals surface area contributed by atoms with E-state index in [0.717, 1.165) is 15.1 Å². The van der Waals surface area contributed by atoms with Crippen LogP contribution < -0.4 is 0 Å². The van der Waals surface area contributed by atoms with Crippen LogP contribution in [0.5, 0.6) is 0 Å². The van der Waals surface area contributed by atoms with Gasteiger partial charge in [0, 0.05) is 15.1 Å². The van der Waals surface area contributed by atoms with Gasteiger partial charge in [0.05, 0.1) is 10.9 Å². The molecule has 0 aliphatic heterocycles. The molecule has 0 atom stereocenters. The molecule has 0 fully saturated rings. The Morgan fingerprint density at radius 3 is 0.870 bits per heavy atom. The molecule has 1 N–H and O–H groups in total. The summed E-state index contributed by atoms with van der Waals surface area (Å²) in [6.45, 7) is 0. The number of hydrogen-bond donors (Lipinski definition) is 0. The Balaban J connectivity index is 0.00000192. The highest BCUT2D eigenvalue weighted by Crippen LogP contribution is 2.33. The third-order valence-electron chi connectivity index (χ3n) is 3.15. The van der Waals surface area contributed by atoms with E-state index in [4.69, 9.17) is 34.8 Å². The van der Waals surface area contributed by atoms with Crippen molar-refractivity contribution < 1.29 is 5.48 Å². The molecule has 0 saturated heterocycles. The summed E-state index contributed by atoms with van der Waals surface area (Å²) in [5.74, 6) is 0. The van der Waals surface area contributed by atoms with Crippen LogP contribution in [0.2, 0.25) is 15.1 Å². The molecule has 3 aromatic rings. The maximum atomic E-state index is 6.02. The first-order chi connectivity index (χ1) is 10.6. The number of rotatable bonds is 3. The molecule has 0 bridgehead atoms. The van der Waals surface area contributed by atoms with Crippen LogP contribution in [-0.2, 0) is 10.9 Å². The van der Waals surface area contributed by atoms with Gasteiger partial charge in [0.25, 0.3) is 0 Å². The van der Waals surface area contributed by atoms with Crippen molar-refractivity contribution in [3.05, 3.63) is 87.9 Å². The van der Waals surface area contributed by atoms with Crippen LogP contribution in [0.15, 0.2) is 87.5 Å². The monoisotopic (exact) mass is 382 g/mol. The summed E-state index contributed by atoms with van der Waals surface area (Å²) >= 11 is 18.1. The highest BCUT2D eigenvalue weighted by Gasteiger charge is 2.28. The zero-order valence-electron chi connectivity index (χ0n) is 11.9. The molecule has 0 aliphatic carbocycles. The van der Waals surface area contributed by atoms with Gasteiger partial charge in [-0.25, -0.2) is 0 Å². The van der Waals surface area contributed by atoms with E-state index in [-0.39, 0.29) is 16.4 Å². The molecule has 0 radical (unpaired) electrons. The first-order valence-corrected chi connectivity index (χ1v) is 9.00. The molecule has 0 aliphatic rings. The number of benzene rings is 3. The quantitative estimate of drug-likeness (QED) is 0.471. The first kappa shape index (κ1) is 18.2. The lowest BCUT2D eigenvalue weighted by Gasteiger charge is -2.08. The fourth-order valence-electron chi connectivity index (χ4n) is 2.12. The lowest BCUT2D eigenvalue weighted by molar-refractivity contribution is 0.824. The van der Waals surface area contributed by atoms with Gasteiger partial charge in [-0.15, -0.1) is 0 Å². The van der Waals surface area contributed by atoms with Crippen LogP contribution >= 0.6 is 34.8 Å². The highest BCUT2D eigenvalue weighted by molar-refractivity contribution is 7.97. The minimum Gasteiger partial charge on any atom is -0.870 e. The maximum absolute atomic E-state index is 6.02. The van der Waals surface area contributed by atoms with Gasteiger partial charge in [-0.2, -0.15) is 0 Å². The normalized spacial score (nSPS) is 10.4. The molecule has 0 heterocycles. The van der Waals surface area contributed by atoms with Gasteiger partial charge in [-0.05, 0) is 72.8 Å². The van der Waals surface area contributed by atoms with Crippen molar-refractivity contribution in [1.82, 2.24) is 0 Å². The molecular weight excluding hydrogens is 371 g/mol. The second-order valence-electron chi connectivity index (χ2n) is 4.67. The van der Waals surface area contributed by atoms with Crippen molar-refractivity contribution in [3.63, 3.8) is 0 Å². The molecule has 3 aromatic carbocycles. The average Bonchev–Trinajstić information content (AvgIpc) is 2.53. The van der Waals surface area contributed by atoms with Gasteiger partial charge < -0.3 is 5.48 Å². The Bertz CT molecular complexity index is 648. The van der Waals surface area contributed by atoms with E-state index in [9.17, 15) is 0 Å². The molecule has 3 rings (SSSR count). The largest absolute Gasteiger partial charge is 0.870 e. The maximum Gasteiger partial charge on any atom is 0.166 e. The predicted molar refractivity (Wildman–Crippen MR) is 98.5 cm³/mol. The zero-order valence-corrected chi connectivity index (χ0v) is 15.0. The summed E-state index contributed by atoms with van der Waals surface area (Å²) in [5.41, 5.74) is 0. The van der Waals surface area contributed by atoms with Crippen LogP contribution in [0, 0.1) is 0 Å². The summed E-state index contributed by atoms with van der Waals surface area (Å²) < 4.78 is 0. The van der Waals surface area contributed by atoms with Crippen molar-refractivity contribution in [2.24, 2.45) is 0 Å². The van der Waals surface area contributed by atoms with Crippen molar-refractivity contribution >= 4 is 45.7 Å². The lowest BCUT2D eigenvalue weighted by atomic mass is 10.3. The number of halogens is 3. The van der Waals surface area contributed by atoms with Crippen molar-refractivity contribution in [1.29, 1.82) is 0 Å². The van der Waals surface area contributed by atoms with Gasteiger partial charge in [-0.3, -0.25) is 0 Å². The molecule has 1 nitrogen and oxygen atoms in total. The Morgan fingerprint density at radius 1 is 0.435 bits per heavy atom. The summed E-state index contributed by atoms with van der Waals surface area (Å²) in [5, 5.41) is 2.21. The second-order valence-corrected chi connectivity index (χ2v) is 8.00. The van der Waals surface area contributed by atoms with Gasteiger partial charge in [0.1, 0.15) is 0 Å². The second kappa shape index (κ2) is 8.09. The zero-order chi connectivity index (χ0) is 15.5. The molecule has 0 spiro atoms. The fraction of sp³-hybridized carbons (Fsp3) is 0. The molecule has 23 heavy (non-hydrogen) atoms. The molecular formula is C18H13Cl3OS. The Kier molecular flexibility index (Phi) is 6.40. The minimum atomic E-state index is -0.215. The van der Waals surface area contributed by atoms with Gasteiger partial charge in [0.15, 0.2) is 14.7 Å². The van der Waals surface area contributed by atoms with Crippen LogP contribution in [0.4, 0.5) is 0 Å². The van der Waals surface area contributed by atoms with Crippen LogP contribution in [0.3, 0.4) is 0 Å². The number of hydrogen-bond acceptors (Lipinski definition) is 1. The third kappa shape index (κ3) is 4.43. The van der Waals surface area contributed by atoms with Gasteiger partial charge >= 0.3 is 0 Å². The van der Waals surface area contributed by atoms with E-state index < -0.39 is 0 Å². The molecule has 0 amide bonds. The molecule has 118 valence electrons. The Hall–Kier alpha value is -1.16. The SMILES string of the molecule is Clc1ccc([S+](c2ccc(Cl)cc2)c2ccc(Cl)cc2)cc1.[OH-].